The van der Waals surface area contributed by atoms with E-state index in [1.165, 1.54) is 0 Å². The summed E-state index contributed by atoms with van der Waals surface area (Å²) in [7, 11) is 0. The van der Waals surface area contributed by atoms with Crippen LogP contribution in [0.15, 0.2) is 30.3 Å². The second-order valence-electron chi connectivity index (χ2n) is 8.14. The number of ether oxygens (including phenoxy) is 1. The third kappa shape index (κ3) is 4.57. The smallest absolute Gasteiger partial charge is 0.235 e. The lowest BCUT2D eigenvalue weighted by Gasteiger charge is -2.29. The molecule has 1 N–H and O–H groups in total. The number of anilines is 1. The van der Waals surface area contributed by atoms with E-state index in [0.717, 1.165) is 60.2 Å². The molecule has 0 radical (unpaired) electrons. The van der Waals surface area contributed by atoms with E-state index in [-0.39, 0.29) is 12.0 Å². The summed E-state index contributed by atoms with van der Waals surface area (Å²) in [6.07, 6.45) is 4.68. The van der Waals surface area contributed by atoms with E-state index in [0.29, 0.717) is 10.0 Å². The summed E-state index contributed by atoms with van der Waals surface area (Å²) >= 11 is 12.6. The SMILES string of the molecule is CCC(C)Oc1c(C)cc(NC(=O)C2(c3ccc(Cl)cc3Cl)CCCC2)cc1C. The second-order valence-corrected chi connectivity index (χ2v) is 8.99. The van der Waals surface area contributed by atoms with E-state index in [4.69, 9.17) is 27.9 Å². The zero-order valence-electron chi connectivity index (χ0n) is 17.6. The molecule has 2 aromatic rings. The van der Waals surface area contributed by atoms with Gasteiger partial charge in [0.1, 0.15) is 5.75 Å². The molecule has 0 aromatic heterocycles. The van der Waals surface area contributed by atoms with E-state index in [2.05, 4.69) is 19.2 Å². The molecule has 2 aromatic carbocycles. The molecule has 5 heteroatoms. The Hall–Kier alpha value is -1.71. The lowest BCUT2D eigenvalue weighted by molar-refractivity contribution is -0.121. The van der Waals surface area contributed by atoms with Gasteiger partial charge in [-0.05, 0) is 81.0 Å². The van der Waals surface area contributed by atoms with Crippen molar-refractivity contribution < 1.29 is 9.53 Å². The van der Waals surface area contributed by atoms with Crippen molar-refractivity contribution in [1.29, 1.82) is 0 Å². The average Bonchev–Trinajstić information content (AvgIpc) is 3.15. The van der Waals surface area contributed by atoms with Crippen LogP contribution in [0.25, 0.3) is 0 Å². The van der Waals surface area contributed by atoms with Gasteiger partial charge in [-0.25, -0.2) is 0 Å². The molecular weight excluding hydrogens is 405 g/mol. The number of hydrogen-bond donors (Lipinski definition) is 1. The molecule has 0 aliphatic heterocycles. The van der Waals surface area contributed by atoms with Crippen LogP contribution in [0, 0.1) is 13.8 Å². The Morgan fingerprint density at radius 3 is 2.31 bits per heavy atom. The molecule has 1 atom stereocenters. The van der Waals surface area contributed by atoms with Gasteiger partial charge < -0.3 is 10.1 Å². The molecule has 1 unspecified atom stereocenters. The van der Waals surface area contributed by atoms with Crippen molar-refractivity contribution in [2.45, 2.75) is 71.3 Å². The molecule has 3 nitrogen and oxygen atoms in total. The third-order valence-electron chi connectivity index (χ3n) is 5.95. The summed E-state index contributed by atoms with van der Waals surface area (Å²) < 4.78 is 6.06. The highest BCUT2D eigenvalue weighted by Gasteiger charge is 2.44. The summed E-state index contributed by atoms with van der Waals surface area (Å²) in [5.41, 5.74) is 3.08. The van der Waals surface area contributed by atoms with Gasteiger partial charge in [-0.2, -0.15) is 0 Å². The fraction of sp³-hybridized carbons (Fsp3) is 0.458. The Balaban J connectivity index is 1.89. The number of amides is 1. The fourth-order valence-corrected chi connectivity index (χ4v) is 4.81. The quantitative estimate of drug-likeness (QED) is 0.521. The fourth-order valence-electron chi connectivity index (χ4n) is 4.22. The van der Waals surface area contributed by atoms with Gasteiger partial charge in [0.25, 0.3) is 0 Å². The third-order valence-corrected chi connectivity index (χ3v) is 6.50. The summed E-state index contributed by atoms with van der Waals surface area (Å²) in [4.78, 5) is 13.5. The predicted octanol–water partition coefficient (Wildman–Crippen LogP) is 7.24. The van der Waals surface area contributed by atoms with Crippen LogP contribution in [0.4, 0.5) is 5.69 Å². The maximum Gasteiger partial charge on any atom is 0.235 e. The lowest BCUT2D eigenvalue weighted by atomic mass is 9.78. The number of carbonyl (C=O) groups excluding carboxylic acids is 1. The van der Waals surface area contributed by atoms with Crippen LogP contribution in [0.5, 0.6) is 5.75 Å². The molecular formula is C24H29Cl2NO2. The normalized spacial score (nSPS) is 16.5. The Morgan fingerprint density at radius 2 is 1.76 bits per heavy atom. The molecule has 156 valence electrons. The van der Waals surface area contributed by atoms with Crippen LogP contribution in [-0.4, -0.2) is 12.0 Å². The Morgan fingerprint density at radius 1 is 1.14 bits per heavy atom. The molecule has 1 amide bonds. The maximum atomic E-state index is 13.5. The average molecular weight is 434 g/mol. The summed E-state index contributed by atoms with van der Waals surface area (Å²) in [6.45, 7) is 8.20. The first kappa shape index (κ1) is 22.0. The molecule has 0 bridgehead atoms. The van der Waals surface area contributed by atoms with E-state index >= 15 is 0 Å². The van der Waals surface area contributed by atoms with Crippen molar-refractivity contribution >= 4 is 34.8 Å². The summed E-state index contributed by atoms with van der Waals surface area (Å²) in [6, 6.07) is 9.39. The number of halogens is 2. The van der Waals surface area contributed by atoms with Gasteiger partial charge in [0.05, 0.1) is 11.5 Å². The lowest BCUT2D eigenvalue weighted by Crippen LogP contribution is -2.38. The second kappa shape index (κ2) is 8.97. The van der Waals surface area contributed by atoms with Gasteiger partial charge in [-0.3, -0.25) is 4.79 Å². The molecule has 3 rings (SSSR count). The van der Waals surface area contributed by atoms with Gasteiger partial charge in [0, 0.05) is 15.7 Å². The van der Waals surface area contributed by atoms with Crippen molar-refractivity contribution in [2.75, 3.05) is 5.32 Å². The Labute approximate surface area is 183 Å². The van der Waals surface area contributed by atoms with Crippen LogP contribution < -0.4 is 10.1 Å². The van der Waals surface area contributed by atoms with Gasteiger partial charge >= 0.3 is 0 Å². The minimum Gasteiger partial charge on any atom is -0.490 e. The maximum absolute atomic E-state index is 13.5. The molecule has 0 spiro atoms. The van der Waals surface area contributed by atoms with Crippen molar-refractivity contribution in [2.24, 2.45) is 0 Å². The summed E-state index contributed by atoms with van der Waals surface area (Å²) in [5.74, 6) is 0.891. The number of carbonyl (C=O) groups is 1. The predicted molar refractivity (Wildman–Crippen MR) is 122 cm³/mol. The molecule has 0 heterocycles. The van der Waals surface area contributed by atoms with E-state index in [1.54, 1.807) is 6.07 Å². The Kier molecular flexibility index (Phi) is 6.80. The van der Waals surface area contributed by atoms with Crippen molar-refractivity contribution in [3.05, 3.63) is 57.1 Å². The van der Waals surface area contributed by atoms with Gasteiger partial charge in [-0.1, -0.05) is 49.0 Å². The van der Waals surface area contributed by atoms with Gasteiger partial charge in [0.15, 0.2) is 0 Å². The Bertz CT molecular complexity index is 881. The number of rotatable bonds is 6. The molecule has 1 saturated carbocycles. The van der Waals surface area contributed by atoms with Crippen LogP contribution in [-0.2, 0) is 10.2 Å². The first-order chi connectivity index (χ1) is 13.8. The minimum absolute atomic E-state index is 0.00591. The van der Waals surface area contributed by atoms with Crippen LogP contribution in [0.1, 0.15) is 62.6 Å². The zero-order valence-corrected chi connectivity index (χ0v) is 19.1. The molecule has 29 heavy (non-hydrogen) atoms. The first-order valence-corrected chi connectivity index (χ1v) is 11.1. The van der Waals surface area contributed by atoms with Crippen LogP contribution in [0.2, 0.25) is 10.0 Å². The minimum atomic E-state index is -0.616. The summed E-state index contributed by atoms with van der Waals surface area (Å²) in [5, 5.41) is 4.29. The van der Waals surface area contributed by atoms with Gasteiger partial charge in [0.2, 0.25) is 5.91 Å². The number of nitrogens with one attached hydrogen (secondary N) is 1. The molecule has 1 fully saturated rings. The largest absolute Gasteiger partial charge is 0.490 e. The van der Waals surface area contributed by atoms with E-state index < -0.39 is 5.41 Å². The highest BCUT2D eigenvalue weighted by molar-refractivity contribution is 6.35. The molecule has 1 aliphatic rings. The van der Waals surface area contributed by atoms with Crippen LogP contribution in [0.3, 0.4) is 0 Å². The standard InChI is InChI=1S/C24H29Cl2NO2/c1-5-17(4)29-22-15(2)12-19(13-16(22)3)27-23(28)24(10-6-7-11-24)20-9-8-18(25)14-21(20)26/h8-9,12-14,17H,5-7,10-11H2,1-4H3,(H,27,28). The molecule has 1 aliphatic carbocycles. The number of hydrogen-bond acceptors (Lipinski definition) is 2. The highest BCUT2D eigenvalue weighted by atomic mass is 35.5. The topological polar surface area (TPSA) is 38.3 Å². The number of aryl methyl sites for hydroxylation is 2. The zero-order chi connectivity index (χ0) is 21.2. The first-order valence-electron chi connectivity index (χ1n) is 10.3. The number of benzene rings is 2. The highest BCUT2D eigenvalue weighted by Crippen LogP contribution is 2.45. The van der Waals surface area contributed by atoms with Crippen molar-refractivity contribution in [3.63, 3.8) is 0 Å². The monoisotopic (exact) mass is 433 g/mol. The van der Waals surface area contributed by atoms with Crippen LogP contribution >= 0.6 is 23.2 Å². The van der Waals surface area contributed by atoms with Crippen molar-refractivity contribution in [1.82, 2.24) is 0 Å². The molecule has 0 saturated heterocycles. The van der Waals surface area contributed by atoms with Gasteiger partial charge in [-0.15, -0.1) is 0 Å². The van der Waals surface area contributed by atoms with E-state index in [1.807, 2.05) is 38.1 Å². The van der Waals surface area contributed by atoms with E-state index in [9.17, 15) is 4.79 Å². The van der Waals surface area contributed by atoms with Crippen molar-refractivity contribution in [3.8, 4) is 5.75 Å².